The molecule has 29 heavy (non-hydrogen) atoms. The summed E-state index contributed by atoms with van der Waals surface area (Å²) in [6.07, 6.45) is 3.06. The van der Waals surface area contributed by atoms with Crippen LogP contribution in [0.1, 0.15) is 37.5 Å². The van der Waals surface area contributed by atoms with Gasteiger partial charge in [0.25, 0.3) is 0 Å². The third kappa shape index (κ3) is 4.32. The van der Waals surface area contributed by atoms with Gasteiger partial charge < -0.3 is 14.9 Å². The molecular weight excluding hydrogens is 384 g/mol. The van der Waals surface area contributed by atoms with Crippen molar-refractivity contribution in [2.75, 3.05) is 49.1 Å². The lowest BCUT2D eigenvalue weighted by Crippen LogP contribution is -2.47. The Hall–Kier alpha value is -1.96. The summed E-state index contributed by atoms with van der Waals surface area (Å²) in [7, 11) is 0. The van der Waals surface area contributed by atoms with Gasteiger partial charge in [-0.1, -0.05) is 26.0 Å². The lowest BCUT2D eigenvalue weighted by Gasteiger charge is -2.35. The molecule has 1 fully saturated rings. The van der Waals surface area contributed by atoms with E-state index < -0.39 is 6.10 Å². The van der Waals surface area contributed by atoms with Crippen molar-refractivity contribution in [3.63, 3.8) is 0 Å². The average molecular weight is 415 g/mol. The molecule has 0 bridgehead atoms. The highest BCUT2D eigenvalue weighted by Crippen LogP contribution is 2.32. The fourth-order valence-corrected chi connectivity index (χ4v) is 4.84. The van der Waals surface area contributed by atoms with Crippen molar-refractivity contribution in [2.24, 2.45) is 5.92 Å². The molecule has 2 aliphatic rings. The van der Waals surface area contributed by atoms with Crippen molar-refractivity contribution in [3.05, 3.63) is 40.9 Å². The minimum Gasteiger partial charge on any atom is -0.387 e. The zero-order valence-corrected chi connectivity index (χ0v) is 18.1. The first kappa shape index (κ1) is 20.3. The lowest BCUT2D eigenvalue weighted by molar-refractivity contribution is -0.121. The van der Waals surface area contributed by atoms with E-state index in [2.05, 4.69) is 27.8 Å². The van der Waals surface area contributed by atoms with E-state index in [1.807, 2.05) is 35.5 Å². The van der Waals surface area contributed by atoms with E-state index in [4.69, 9.17) is 0 Å². The Labute approximate surface area is 176 Å². The number of fused-ring (bicyclic) bond motifs is 1. The monoisotopic (exact) mass is 414 g/mol. The van der Waals surface area contributed by atoms with Gasteiger partial charge in [-0.2, -0.15) is 0 Å². The minimum absolute atomic E-state index is 0.0502. The number of aliphatic hydroxyl groups excluding tert-OH is 1. The molecule has 0 aliphatic carbocycles. The number of benzene rings is 1. The Morgan fingerprint density at radius 3 is 2.72 bits per heavy atom. The second-order valence-corrected chi connectivity index (χ2v) is 8.93. The number of nitrogens with zero attached hydrogens (tertiary/aromatic N) is 4. The van der Waals surface area contributed by atoms with Crippen molar-refractivity contribution in [1.82, 2.24) is 9.88 Å². The molecule has 4 rings (SSSR count). The summed E-state index contributed by atoms with van der Waals surface area (Å²) in [6, 6.07) is 6.09. The maximum absolute atomic E-state index is 12.6. The molecule has 0 saturated carbocycles. The molecular formula is C22H30N4O2S. The number of rotatable bonds is 6. The number of hydrogen-bond acceptors (Lipinski definition) is 6. The number of thiazole rings is 1. The molecule has 2 atom stereocenters. The Bertz CT molecular complexity index is 833. The first-order chi connectivity index (χ1) is 14.1. The molecule has 1 saturated heterocycles. The molecule has 7 heteroatoms. The molecule has 1 aromatic heterocycles. The van der Waals surface area contributed by atoms with E-state index in [-0.39, 0.29) is 11.8 Å². The summed E-state index contributed by atoms with van der Waals surface area (Å²) in [6.45, 7) is 9.17. The van der Waals surface area contributed by atoms with Gasteiger partial charge in [-0.3, -0.25) is 9.69 Å². The first-order valence-corrected chi connectivity index (χ1v) is 11.4. The molecule has 3 heterocycles. The second-order valence-electron chi connectivity index (χ2n) is 8.06. The van der Waals surface area contributed by atoms with Crippen LogP contribution >= 0.6 is 11.3 Å². The van der Waals surface area contributed by atoms with Gasteiger partial charge in [-0.05, 0) is 30.0 Å². The summed E-state index contributed by atoms with van der Waals surface area (Å²) in [5.41, 5.74) is 3.14. The Balaban J connectivity index is 1.35. The van der Waals surface area contributed by atoms with Gasteiger partial charge in [-0.25, -0.2) is 4.98 Å². The SMILES string of the molecule is CC[C@@H](C)C(=O)N1CCc2cc([C@H](O)CN3CCN(c4nccs4)CC3)ccc21. The number of carbonyl (C=O) groups excluding carboxylic acids is 1. The number of aromatic nitrogens is 1. The molecule has 1 aromatic carbocycles. The molecule has 0 unspecified atom stereocenters. The van der Waals surface area contributed by atoms with Crippen molar-refractivity contribution >= 4 is 28.1 Å². The third-order valence-corrected chi connectivity index (χ3v) is 7.01. The van der Waals surface area contributed by atoms with E-state index in [9.17, 15) is 9.90 Å². The number of hydrogen-bond donors (Lipinski definition) is 1. The van der Waals surface area contributed by atoms with E-state index >= 15 is 0 Å². The Kier molecular flexibility index (Phi) is 6.18. The molecule has 0 spiro atoms. The summed E-state index contributed by atoms with van der Waals surface area (Å²) in [5, 5.41) is 13.9. The molecule has 0 radical (unpaired) electrons. The number of β-amino-alcohol motifs (C(OH)–C–C–N with tert-alkyl or cyclic N) is 1. The Morgan fingerprint density at radius 1 is 1.24 bits per heavy atom. The summed E-state index contributed by atoms with van der Waals surface area (Å²) >= 11 is 1.68. The van der Waals surface area contributed by atoms with Crippen LogP contribution in [0, 0.1) is 5.92 Å². The molecule has 6 nitrogen and oxygen atoms in total. The number of aliphatic hydroxyl groups is 1. The number of anilines is 2. The summed E-state index contributed by atoms with van der Waals surface area (Å²) in [4.78, 5) is 23.5. The van der Waals surface area contributed by atoms with Crippen molar-refractivity contribution in [3.8, 4) is 0 Å². The highest BCUT2D eigenvalue weighted by molar-refractivity contribution is 7.13. The normalized spacial score (nSPS) is 19.3. The van der Waals surface area contributed by atoms with Crippen LogP contribution in [-0.4, -0.2) is 60.2 Å². The summed E-state index contributed by atoms with van der Waals surface area (Å²) < 4.78 is 0. The third-order valence-electron chi connectivity index (χ3n) is 6.18. The predicted molar refractivity (Wildman–Crippen MR) is 118 cm³/mol. The quantitative estimate of drug-likeness (QED) is 0.788. The fraction of sp³-hybridized carbons (Fsp3) is 0.545. The van der Waals surface area contributed by atoms with Crippen LogP contribution in [0.2, 0.25) is 0 Å². The lowest BCUT2D eigenvalue weighted by atomic mass is 10.0. The van der Waals surface area contributed by atoms with Gasteiger partial charge >= 0.3 is 0 Å². The highest BCUT2D eigenvalue weighted by atomic mass is 32.1. The van der Waals surface area contributed by atoms with Crippen LogP contribution in [0.15, 0.2) is 29.8 Å². The van der Waals surface area contributed by atoms with Gasteiger partial charge in [0.2, 0.25) is 5.91 Å². The minimum atomic E-state index is -0.508. The fourth-order valence-electron chi connectivity index (χ4n) is 4.14. The van der Waals surface area contributed by atoms with E-state index in [1.165, 1.54) is 5.56 Å². The molecule has 156 valence electrons. The molecule has 1 amide bonds. The van der Waals surface area contributed by atoms with E-state index in [1.54, 1.807) is 11.3 Å². The van der Waals surface area contributed by atoms with Gasteiger partial charge in [-0.15, -0.1) is 11.3 Å². The van der Waals surface area contributed by atoms with E-state index in [0.717, 1.165) is 61.9 Å². The predicted octanol–water partition coefficient (Wildman–Crippen LogP) is 2.93. The van der Waals surface area contributed by atoms with Gasteiger partial charge in [0.15, 0.2) is 5.13 Å². The van der Waals surface area contributed by atoms with Crippen molar-refractivity contribution < 1.29 is 9.90 Å². The van der Waals surface area contributed by atoms with Gasteiger partial charge in [0, 0.05) is 62.5 Å². The molecule has 2 aromatic rings. The summed E-state index contributed by atoms with van der Waals surface area (Å²) in [5.74, 6) is 0.256. The highest BCUT2D eigenvalue weighted by Gasteiger charge is 2.28. The van der Waals surface area contributed by atoms with Crippen molar-refractivity contribution in [2.45, 2.75) is 32.8 Å². The van der Waals surface area contributed by atoms with Crippen LogP contribution in [0.3, 0.4) is 0 Å². The standard InChI is InChI=1S/C22H30N4O2S/c1-3-16(2)21(28)26-8-6-17-14-18(4-5-19(17)26)20(27)15-24-9-11-25(12-10-24)22-23-7-13-29-22/h4-5,7,13-14,16,20,27H,3,6,8-12,15H2,1-2H3/t16-,20-/m1/s1. The maximum Gasteiger partial charge on any atom is 0.229 e. The van der Waals surface area contributed by atoms with Crippen LogP contribution in [0.5, 0.6) is 0 Å². The average Bonchev–Trinajstić information content (AvgIpc) is 3.42. The van der Waals surface area contributed by atoms with Crippen LogP contribution in [0.4, 0.5) is 10.8 Å². The number of carbonyl (C=O) groups is 1. The largest absolute Gasteiger partial charge is 0.387 e. The molecule has 1 N–H and O–H groups in total. The molecule has 2 aliphatic heterocycles. The number of amides is 1. The maximum atomic E-state index is 12.6. The second kappa shape index (κ2) is 8.81. The van der Waals surface area contributed by atoms with Crippen LogP contribution in [-0.2, 0) is 11.2 Å². The van der Waals surface area contributed by atoms with Crippen LogP contribution < -0.4 is 9.80 Å². The van der Waals surface area contributed by atoms with Crippen LogP contribution in [0.25, 0.3) is 0 Å². The number of piperazine rings is 1. The smallest absolute Gasteiger partial charge is 0.229 e. The zero-order valence-electron chi connectivity index (χ0n) is 17.3. The van der Waals surface area contributed by atoms with E-state index in [0.29, 0.717) is 6.54 Å². The van der Waals surface area contributed by atoms with Crippen molar-refractivity contribution in [1.29, 1.82) is 0 Å². The Morgan fingerprint density at radius 2 is 2.03 bits per heavy atom. The first-order valence-electron chi connectivity index (χ1n) is 10.6. The van der Waals surface area contributed by atoms with Gasteiger partial charge in [0.05, 0.1) is 6.10 Å². The zero-order chi connectivity index (χ0) is 20.4. The van der Waals surface area contributed by atoms with Gasteiger partial charge in [0.1, 0.15) is 0 Å². The topological polar surface area (TPSA) is 59.9 Å².